The first-order valence-corrected chi connectivity index (χ1v) is 5.42. The van der Waals surface area contributed by atoms with E-state index in [1.165, 1.54) is 35.3 Å². The fourth-order valence-corrected chi connectivity index (χ4v) is 2.91. The van der Waals surface area contributed by atoms with Crippen LogP contribution in [0.2, 0.25) is 4.34 Å². The summed E-state index contributed by atoms with van der Waals surface area (Å²) in [6.45, 7) is 2.14. The zero-order chi connectivity index (χ0) is 8.55. The molecule has 1 heterocycles. The van der Waals surface area contributed by atoms with E-state index in [-0.39, 0.29) is 0 Å². The van der Waals surface area contributed by atoms with Crippen molar-refractivity contribution in [2.45, 2.75) is 26.2 Å². The minimum absolute atomic E-state index is 0.912. The van der Waals surface area contributed by atoms with E-state index in [0.717, 1.165) is 4.34 Å². The van der Waals surface area contributed by atoms with E-state index in [0.29, 0.717) is 0 Å². The zero-order valence-corrected chi connectivity index (χ0v) is 8.63. The highest BCUT2D eigenvalue weighted by molar-refractivity contribution is 7.16. The van der Waals surface area contributed by atoms with E-state index < -0.39 is 0 Å². The van der Waals surface area contributed by atoms with E-state index >= 15 is 0 Å². The molecule has 0 saturated heterocycles. The van der Waals surface area contributed by atoms with Crippen LogP contribution in [0.1, 0.15) is 29.7 Å². The number of aryl methyl sites for hydroxylation is 1. The summed E-state index contributed by atoms with van der Waals surface area (Å²) in [6.07, 6.45) is 6.11. The lowest BCUT2D eigenvalue weighted by Crippen LogP contribution is -1.77. The topological polar surface area (TPSA) is 0 Å². The van der Waals surface area contributed by atoms with Crippen molar-refractivity contribution < 1.29 is 0 Å². The van der Waals surface area contributed by atoms with Gasteiger partial charge in [0.15, 0.2) is 0 Å². The summed E-state index contributed by atoms with van der Waals surface area (Å²) in [5, 5.41) is 0. The second-order valence-corrected chi connectivity index (χ2v) is 5.03. The summed E-state index contributed by atoms with van der Waals surface area (Å²) in [4.78, 5) is 1.35. The van der Waals surface area contributed by atoms with Gasteiger partial charge in [0, 0.05) is 4.88 Å². The lowest BCUT2D eigenvalue weighted by atomic mass is 10.1. The maximum absolute atomic E-state index is 5.94. The molecule has 0 saturated carbocycles. The highest BCUT2D eigenvalue weighted by Gasteiger charge is 2.11. The summed E-state index contributed by atoms with van der Waals surface area (Å²) in [6, 6.07) is 2.10. The van der Waals surface area contributed by atoms with Gasteiger partial charge in [-0.05, 0) is 43.4 Å². The first-order valence-electron chi connectivity index (χ1n) is 4.23. The molecule has 0 atom stereocenters. The highest BCUT2D eigenvalue weighted by Crippen LogP contribution is 2.35. The van der Waals surface area contributed by atoms with E-state index in [1.54, 1.807) is 11.3 Å². The number of thiophene rings is 1. The largest absolute Gasteiger partial charge is 0.128 e. The number of hydrogen-bond acceptors (Lipinski definition) is 1. The van der Waals surface area contributed by atoms with Crippen molar-refractivity contribution in [2.75, 3.05) is 0 Å². The fraction of sp³-hybridized carbons (Fsp3) is 0.400. The molecular weight excluding hydrogens is 188 g/mol. The molecule has 0 amide bonds. The zero-order valence-electron chi connectivity index (χ0n) is 7.06. The first kappa shape index (κ1) is 8.33. The average Bonchev–Trinajstić information content (AvgIpc) is 2.58. The van der Waals surface area contributed by atoms with E-state index in [2.05, 4.69) is 19.1 Å². The molecule has 0 N–H and O–H groups in total. The van der Waals surface area contributed by atoms with Crippen LogP contribution >= 0.6 is 22.9 Å². The van der Waals surface area contributed by atoms with Crippen LogP contribution in [0.15, 0.2) is 12.1 Å². The van der Waals surface area contributed by atoms with Crippen LogP contribution in [0.25, 0.3) is 5.57 Å². The highest BCUT2D eigenvalue weighted by atomic mass is 35.5. The molecule has 0 aliphatic heterocycles. The molecule has 0 bridgehead atoms. The number of halogens is 1. The molecule has 2 heteroatoms. The Bertz CT molecular complexity index is 323. The van der Waals surface area contributed by atoms with Gasteiger partial charge in [0.2, 0.25) is 0 Å². The minimum atomic E-state index is 0.912. The third-order valence-electron chi connectivity index (χ3n) is 2.27. The molecule has 12 heavy (non-hydrogen) atoms. The molecule has 0 aromatic carbocycles. The van der Waals surface area contributed by atoms with Crippen LogP contribution in [-0.2, 0) is 0 Å². The molecule has 1 aliphatic carbocycles. The van der Waals surface area contributed by atoms with Gasteiger partial charge in [0.05, 0.1) is 4.34 Å². The van der Waals surface area contributed by atoms with Crippen LogP contribution in [0.4, 0.5) is 0 Å². The van der Waals surface area contributed by atoms with Crippen molar-refractivity contribution in [3.63, 3.8) is 0 Å². The second kappa shape index (κ2) is 3.23. The minimum Gasteiger partial charge on any atom is -0.128 e. The Kier molecular flexibility index (Phi) is 2.24. The van der Waals surface area contributed by atoms with E-state index in [1.807, 2.05) is 0 Å². The molecule has 0 fully saturated rings. The van der Waals surface area contributed by atoms with Gasteiger partial charge in [0.25, 0.3) is 0 Å². The Balaban J connectivity index is 2.38. The van der Waals surface area contributed by atoms with Gasteiger partial charge in [-0.1, -0.05) is 17.7 Å². The predicted octanol–water partition coefficient (Wildman–Crippen LogP) is 4.28. The summed E-state index contributed by atoms with van der Waals surface area (Å²) in [5.41, 5.74) is 2.87. The summed E-state index contributed by atoms with van der Waals surface area (Å²) >= 11 is 7.62. The number of allylic oxidation sites excluding steroid dienone is 2. The maximum atomic E-state index is 5.94. The van der Waals surface area contributed by atoms with Crippen LogP contribution in [0, 0.1) is 6.92 Å². The van der Waals surface area contributed by atoms with Crippen LogP contribution in [-0.4, -0.2) is 0 Å². The van der Waals surface area contributed by atoms with Gasteiger partial charge in [-0.3, -0.25) is 0 Å². The molecule has 0 spiro atoms. The smallest absolute Gasteiger partial charge is 0.0937 e. The maximum Gasteiger partial charge on any atom is 0.0937 e. The van der Waals surface area contributed by atoms with Crippen molar-refractivity contribution in [2.24, 2.45) is 0 Å². The van der Waals surface area contributed by atoms with Gasteiger partial charge in [-0.15, -0.1) is 11.3 Å². The standard InChI is InChI=1S/C10H11ClS/c1-7-9(6-10(11)12-7)8-4-2-3-5-8/h4,6H,2-3,5H2,1H3. The van der Waals surface area contributed by atoms with Crippen molar-refractivity contribution in [3.05, 3.63) is 26.9 Å². The molecule has 1 aromatic heterocycles. The van der Waals surface area contributed by atoms with Gasteiger partial charge >= 0.3 is 0 Å². The van der Waals surface area contributed by atoms with Gasteiger partial charge in [0.1, 0.15) is 0 Å². The molecule has 0 unspecified atom stereocenters. The first-order chi connectivity index (χ1) is 5.77. The Labute approximate surface area is 81.9 Å². The normalized spacial score (nSPS) is 16.7. The summed E-state index contributed by atoms with van der Waals surface area (Å²) < 4.78 is 0.912. The third kappa shape index (κ3) is 1.44. The lowest BCUT2D eigenvalue weighted by Gasteiger charge is -1.98. The summed E-state index contributed by atoms with van der Waals surface area (Å²) in [7, 11) is 0. The molecule has 0 nitrogen and oxygen atoms in total. The van der Waals surface area contributed by atoms with Crippen molar-refractivity contribution in [1.29, 1.82) is 0 Å². The summed E-state index contributed by atoms with van der Waals surface area (Å²) in [5.74, 6) is 0. The molecule has 1 aliphatic rings. The van der Waals surface area contributed by atoms with Crippen molar-refractivity contribution in [1.82, 2.24) is 0 Å². The van der Waals surface area contributed by atoms with Gasteiger partial charge in [-0.2, -0.15) is 0 Å². The molecule has 64 valence electrons. The van der Waals surface area contributed by atoms with E-state index in [9.17, 15) is 0 Å². The third-order valence-corrected chi connectivity index (χ3v) is 3.45. The molecule has 1 aromatic rings. The molecular formula is C10H11ClS. The average molecular weight is 199 g/mol. The fourth-order valence-electron chi connectivity index (χ4n) is 1.68. The monoisotopic (exact) mass is 198 g/mol. The molecule has 0 radical (unpaired) electrons. The quantitative estimate of drug-likeness (QED) is 0.632. The Morgan fingerprint density at radius 3 is 2.83 bits per heavy atom. The van der Waals surface area contributed by atoms with Crippen molar-refractivity contribution in [3.8, 4) is 0 Å². The van der Waals surface area contributed by atoms with Crippen molar-refractivity contribution >= 4 is 28.5 Å². The Hall–Kier alpha value is -0.270. The SMILES string of the molecule is Cc1sc(Cl)cc1C1=CCCC1. The Morgan fingerprint density at radius 2 is 2.33 bits per heavy atom. The van der Waals surface area contributed by atoms with Crippen LogP contribution in [0.3, 0.4) is 0 Å². The van der Waals surface area contributed by atoms with Gasteiger partial charge < -0.3 is 0 Å². The van der Waals surface area contributed by atoms with Crippen LogP contribution in [0.5, 0.6) is 0 Å². The number of rotatable bonds is 1. The van der Waals surface area contributed by atoms with Crippen LogP contribution < -0.4 is 0 Å². The Morgan fingerprint density at radius 1 is 1.50 bits per heavy atom. The molecule has 2 rings (SSSR count). The second-order valence-electron chi connectivity index (χ2n) is 3.14. The lowest BCUT2D eigenvalue weighted by molar-refractivity contribution is 0.935. The van der Waals surface area contributed by atoms with E-state index in [4.69, 9.17) is 11.6 Å². The number of hydrogen-bond donors (Lipinski definition) is 0. The predicted molar refractivity (Wildman–Crippen MR) is 55.9 cm³/mol. The van der Waals surface area contributed by atoms with Gasteiger partial charge in [-0.25, -0.2) is 0 Å².